The van der Waals surface area contributed by atoms with E-state index in [-0.39, 0.29) is 33.1 Å². The van der Waals surface area contributed by atoms with Crippen LogP contribution in [0.5, 0.6) is 11.5 Å². The minimum absolute atomic E-state index is 0.115. The first kappa shape index (κ1) is 23.1. The maximum absolute atomic E-state index is 12.5. The largest absolute Gasteiger partial charge is 0.494 e. The van der Waals surface area contributed by atoms with Gasteiger partial charge in [0, 0.05) is 24.3 Å². The number of nitrogens with one attached hydrogen (secondary N) is 1. The number of carbonyl (C=O) groups excluding carboxylic acids is 2. The van der Waals surface area contributed by atoms with Crippen LogP contribution in [0, 0.1) is 0 Å². The Balaban J connectivity index is 2.07. The van der Waals surface area contributed by atoms with Crippen LogP contribution in [0.25, 0.3) is 0 Å². The number of rotatable bonds is 8. The summed E-state index contributed by atoms with van der Waals surface area (Å²) in [4.78, 5) is 26.2. The second-order valence-electron chi connectivity index (χ2n) is 5.93. The smallest absolute Gasteiger partial charge is 0.260 e. The number of nitrogens with zero attached hydrogens (tertiary/aromatic N) is 1. The molecule has 0 radical (unpaired) electrons. The van der Waals surface area contributed by atoms with Crippen LogP contribution in [0.3, 0.4) is 0 Å². The molecule has 9 heteroatoms. The van der Waals surface area contributed by atoms with Crippen molar-refractivity contribution in [1.82, 2.24) is 4.90 Å². The molecule has 0 spiro atoms. The van der Waals surface area contributed by atoms with Gasteiger partial charge in [0.15, 0.2) is 12.4 Å². The molecule has 6 nitrogen and oxygen atoms in total. The summed E-state index contributed by atoms with van der Waals surface area (Å²) >= 11 is 18.4. The zero-order valence-electron chi connectivity index (χ0n) is 16.2. The quantitative estimate of drug-likeness (QED) is 0.592. The van der Waals surface area contributed by atoms with Crippen molar-refractivity contribution in [1.29, 1.82) is 0 Å². The Morgan fingerprint density at radius 1 is 1.00 bits per heavy atom. The molecule has 0 heterocycles. The van der Waals surface area contributed by atoms with Gasteiger partial charge in [0.05, 0.1) is 22.2 Å². The Labute approximate surface area is 184 Å². The molecule has 2 rings (SSSR count). The lowest BCUT2D eigenvalue weighted by atomic mass is 10.2. The first-order valence-electron chi connectivity index (χ1n) is 8.85. The fourth-order valence-electron chi connectivity index (χ4n) is 2.59. The summed E-state index contributed by atoms with van der Waals surface area (Å²) < 4.78 is 10.6. The average molecular weight is 460 g/mol. The Bertz CT molecular complexity index is 878. The number of amides is 2. The molecule has 0 aliphatic heterocycles. The van der Waals surface area contributed by atoms with E-state index in [2.05, 4.69) is 5.32 Å². The predicted octanol–water partition coefficient (Wildman–Crippen LogP) is 5.15. The molecule has 29 heavy (non-hydrogen) atoms. The van der Waals surface area contributed by atoms with Gasteiger partial charge < -0.3 is 19.7 Å². The van der Waals surface area contributed by atoms with Crippen molar-refractivity contribution in [2.45, 2.75) is 13.8 Å². The van der Waals surface area contributed by atoms with Crippen molar-refractivity contribution in [3.05, 3.63) is 51.0 Å². The summed E-state index contributed by atoms with van der Waals surface area (Å²) in [6.45, 7) is 4.90. The molecule has 2 amide bonds. The van der Waals surface area contributed by atoms with E-state index in [4.69, 9.17) is 44.3 Å². The van der Waals surface area contributed by atoms with Gasteiger partial charge in [-0.2, -0.15) is 0 Å². The van der Waals surface area contributed by atoms with Gasteiger partial charge in [0.1, 0.15) is 5.75 Å². The second-order valence-corrected chi connectivity index (χ2v) is 7.15. The number of likely N-dealkylation sites (N-methyl/N-ethyl adjacent to an activating group) is 1. The summed E-state index contributed by atoms with van der Waals surface area (Å²) in [7, 11) is 1.44. The highest BCUT2D eigenvalue weighted by Crippen LogP contribution is 2.34. The van der Waals surface area contributed by atoms with Crippen LogP contribution in [0.1, 0.15) is 24.2 Å². The van der Waals surface area contributed by atoms with Gasteiger partial charge in [0.25, 0.3) is 11.8 Å². The summed E-state index contributed by atoms with van der Waals surface area (Å²) in [6, 6.07) is 7.65. The highest BCUT2D eigenvalue weighted by atomic mass is 35.5. The maximum atomic E-state index is 12.5. The maximum Gasteiger partial charge on any atom is 0.260 e. The summed E-state index contributed by atoms with van der Waals surface area (Å²) in [5, 5.41) is 3.43. The highest BCUT2D eigenvalue weighted by Gasteiger charge is 2.15. The molecule has 0 aliphatic rings. The molecule has 2 aromatic rings. The normalized spacial score (nSPS) is 10.4. The van der Waals surface area contributed by atoms with E-state index >= 15 is 0 Å². The van der Waals surface area contributed by atoms with E-state index in [1.54, 1.807) is 17.0 Å². The van der Waals surface area contributed by atoms with Gasteiger partial charge in [-0.1, -0.05) is 34.8 Å². The van der Waals surface area contributed by atoms with Gasteiger partial charge in [0.2, 0.25) is 0 Å². The molecular weight excluding hydrogens is 439 g/mol. The first-order valence-corrected chi connectivity index (χ1v) is 9.98. The number of ether oxygens (including phenoxy) is 2. The van der Waals surface area contributed by atoms with Gasteiger partial charge in [-0.3, -0.25) is 9.59 Å². The topological polar surface area (TPSA) is 67.9 Å². The van der Waals surface area contributed by atoms with Crippen LogP contribution in [0.2, 0.25) is 15.1 Å². The molecule has 1 N–H and O–H groups in total. The third kappa shape index (κ3) is 5.92. The van der Waals surface area contributed by atoms with Crippen molar-refractivity contribution in [3.8, 4) is 11.5 Å². The Kier molecular flexibility index (Phi) is 8.44. The second kappa shape index (κ2) is 10.6. The third-order valence-electron chi connectivity index (χ3n) is 4.12. The van der Waals surface area contributed by atoms with Gasteiger partial charge in [-0.15, -0.1) is 0 Å². The van der Waals surface area contributed by atoms with Crippen LogP contribution in [0.15, 0.2) is 30.3 Å². The number of carbonyl (C=O) groups is 2. The van der Waals surface area contributed by atoms with Crippen LogP contribution >= 0.6 is 34.8 Å². The van der Waals surface area contributed by atoms with Crippen molar-refractivity contribution in [2.24, 2.45) is 0 Å². The van der Waals surface area contributed by atoms with E-state index < -0.39 is 5.91 Å². The van der Waals surface area contributed by atoms with Crippen molar-refractivity contribution < 1.29 is 19.1 Å². The fraction of sp³-hybridized carbons (Fsp3) is 0.300. The number of hydrogen-bond donors (Lipinski definition) is 1. The molecule has 156 valence electrons. The molecule has 0 saturated carbocycles. The predicted molar refractivity (Wildman–Crippen MR) is 116 cm³/mol. The zero-order valence-corrected chi connectivity index (χ0v) is 18.5. The molecule has 0 fully saturated rings. The molecule has 0 aliphatic carbocycles. The Morgan fingerprint density at radius 2 is 1.62 bits per heavy atom. The van der Waals surface area contributed by atoms with Gasteiger partial charge in [-0.25, -0.2) is 0 Å². The van der Waals surface area contributed by atoms with Crippen LogP contribution in [-0.2, 0) is 4.79 Å². The van der Waals surface area contributed by atoms with Gasteiger partial charge in [-0.05, 0) is 44.2 Å². The highest BCUT2D eigenvalue weighted by molar-refractivity contribution is 6.38. The van der Waals surface area contributed by atoms with E-state index in [0.29, 0.717) is 30.3 Å². The van der Waals surface area contributed by atoms with Gasteiger partial charge >= 0.3 is 0 Å². The fourth-order valence-corrected chi connectivity index (χ4v) is 3.47. The first-order chi connectivity index (χ1) is 13.8. The standard InChI is InChI=1S/C20H21Cl3N2O4/c1-4-25(5-2)18(26)11-29-17-7-6-13(10-14(17)21)24-20(27)12-8-15(22)19(28-3)16(23)9-12/h6-10H,4-5,11H2,1-3H3,(H,24,27). The molecule has 0 saturated heterocycles. The Hall–Kier alpha value is -2.15. The average Bonchev–Trinajstić information content (AvgIpc) is 2.68. The molecule has 0 atom stereocenters. The number of benzene rings is 2. The lowest BCUT2D eigenvalue weighted by Gasteiger charge is -2.19. The molecular formula is C20H21Cl3N2O4. The molecule has 0 unspecified atom stereocenters. The lowest BCUT2D eigenvalue weighted by Crippen LogP contribution is -2.34. The van der Waals surface area contributed by atoms with E-state index in [0.717, 1.165) is 0 Å². The summed E-state index contributed by atoms with van der Waals surface area (Å²) in [5.74, 6) is 0.101. The molecule has 0 bridgehead atoms. The Morgan fingerprint density at radius 3 is 2.14 bits per heavy atom. The minimum Gasteiger partial charge on any atom is -0.494 e. The van der Waals surface area contributed by atoms with Crippen molar-refractivity contribution in [2.75, 3.05) is 32.1 Å². The minimum atomic E-state index is -0.419. The van der Waals surface area contributed by atoms with E-state index in [1.807, 2.05) is 13.8 Å². The van der Waals surface area contributed by atoms with Crippen LogP contribution < -0.4 is 14.8 Å². The SMILES string of the molecule is CCN(CC)C(=O)COc1ccc(NC(=O)c2cc(Cl)c(OC)c(Cl)c2)cc1Cl. The van der Waals surface area contributed by atoms with E-state index in [1.165, 1.54) is 25.3 Å². The number of hydrogen-bond acceptors (Lipinski definition) is 4. The lowest BCUT2D eigenvalue weighted by molar-refractivity contribution is -0.132. The van der Waals surface area contributed by atoms with Crippen LogP contribution in [-0.4, -0.2) is 43.5 Å². The zero-order chi connectivity index (χ0) is 21.6. The van der Waals surface area contributed by atoms with Crippen molar-refractivity contribution >= 4 is 52.3 Å². The summed E-state index contributed by atoms with van der Waals surface area (Å²) in [6.07, 6.45) is 0. The number of methoxy groups -OCH3 is 1. The van der Waals surface area contributed by atoms with Crippen molar-refractivity contribution in [3.63, 3.8) is 0 Å². The summed E-state index contributed by atoms with van der Waals surface area (Å²) in [5.41, 5.74) is 0.715. The number of halogens is 3. The molecule has 2 aromatic carbocycles. The van der Waals surface area contributed by atoms with Crippen LogP contribution in [0.4, 0.5) is 5.69 Å². The number of anilines is 1. The molecule has 0 aromatic heterocycles. The van der Waals surface area contributed by atoms with E-state index in [9.17, 15) is 9.59 Å². The monoisotopic (exact) mass is 458 g/mol. The third-order valence-corrected chi connectivity index (χ3v) is 4.98.